The quantitative estimate of drug-likeness (QED) is 0.601. The number of aromatic hydroxyl groups is 1. The molecular formula is C25H28O8. The van der Waals surface area contributed by atoms with Crippen LogP contribution in [0.25, 0.3) is 0 Å². The number of aliphatic hydroxyl groups excluding tert-OH is 2. The van der Waals surface area contributed by atoms with Gasteiger partial charge in [0.2, 0.25) is 0 Å². The van der Waals surface area contributed by atoms with E-state index >= 15 is 0 Å². The topological polar surface area (TPSA) is 115 Å². The van der Waals surface area contributed by atoms with Crippen LogP contribution in [0.2, 0.25) is 0 Å². The Kier molecular flexibility index (Phi) is 5.47. The minimum absolute atomic E-state index is 0.0715. The molecule has 8 heteroatoms. The average molecular weight is 456 g/mol. The largest absolute Gasteiger partial charge is 0.508 e. The maximum Gasteiger partial charge on any atom is 0.302 e. The van der Waals surface area contributed by atoms with Crippen molar-refractivity contribution in [3.8, 4) is 17.2 Å². The minimum atomic E-state index is -1.23. The molecule has 5 rings (SSSR count). The molecule has 2 aromatic carbocycles. The Bertz CT molecular complexity index is 1070. The van der Waals surface area contributed by atoms with Crippen molar-refractivity contribution >= 4 is 5.97 Å². The molecule has 3 N–H and O–H groups in total. The van der Waals surface area contributed by atoms with Gasteiger partial charge >= 0.3 is 5.97 Å². The van der Waals surface area contributed by atoms with Gasteiger partial charge in [-0.25, -0.2) is 0 Å². The molecule has 2 heterocycles. The van der Waals surface area contributed by atoms with Gasteiger partial charge in [0.25, 0.3) is 0 Å². The summed E-state index contributed by atoms with van der Waals surface area (Å²) in [6.07, 6.45) is -3.37. The smallest absolute Gasteiger partial charge is 0.302 e. The summed E-state index contributed by atoms with van der Waals surface area (Å²) in [4.78, 5) is 11.3. The Morgan fingerprint density at radius 2 is 1.91 bits per heavy atom. The van der Waals surface area contributed by atoms with Gasteiger partial charge in [0, 0.05) is 29.9 Å². The zero-order valence-corrected chi connectivity index (χ0v) is 18.7. The highest BCUT2D eigenvalue weighted by atomic mass is 16.6. The molecular weight excluding hydrogens is 428 g/mol. The van der Waals surface area contributed by atoms with Crippen LogP contribution in [0.1, 0.15) is 53.5 Å². The first-order valence-corrected chi connectivity index (χ1v) is 11.1. The molecule has 0 saturated carbocycles. The van der Waals surface area contributed by atoms with E-state index in [1.165, 1.54) is 6.92 Å². The highest BCUT2D eigenvalue weighted by Crippen LogP contribution is 2.59. The van der Waals surface area contributed by atoms with Gasteiger partial charge in [0.05, 0.1) is 19.3 Å². The molecule has 8 nitrogen and oxygen atoms in total. The Labute approximate surface area is 191 Å². The molecule has 0 spiro atoms. The number of fused-ring (bicyclic) bond motifs is 3. The Morgan fingerprint density at radius 3 is 2.58 bits per heavy atom. The molecule has 3 aliphatic rings. The molecule has 176 valence electrons. The second kappa shape index (κ2) is 8.20. The van der Waals surface area contributed by atoms with E-state index in [0.29, 0.717) is 17.7 Å². The third-order valence-electron chi connectivity index (χ3n) is 7.15. The van der Waals surface area contributed by atoms with Gasteiger partial charge in [-0.15, -0.1) is 0 Å². The van der Waals surface area contributed by atoms with Gasteiger partial charge in [-0.2, -0.15) is 0 Å². The fraction of sp³-hybridized carbons (Fsp3) is 0.480. The summed E-state index contributed by atoms with van der Waals surface area (Å²) < 4.78 is 23.0. The highest BCUT2D eigenvalue weighted by Gasteiger charge is 2.56. The number of hydrogen-bond acceptors (Lipinski definition) is 8. The molecule has 1 fully saturated rings. The molecule has 0 unspecified atom stereocenters. The fourth-order valence-corrected chi connectivity index (χ4v) is 5.49. The zero-order valence-electron chi connectivity index (χ0n) is 18.7. The lowest BCUT2D eigenvalue weighted by Crippen LogP contribution is -2.54. The van der Waals surface area contributed by atoms with Crippen molar-refractivity contribution in [1.29, 1.82) is 0 Å². The third-order valence-corrected chi connectivity index (χ3v) is 7.15. The van der Waals surface area contributed by atoms with Crippen molar-refractivity contribution in [3.05, 3.63) is 52.6 Å². The number of phenols is 1. The lowest BCUT2D eigenvalue weighted by Gasteiger charge is -2.42. The molecule has 2 aliphatic heterocycles. The maximum absolute atomic E-state index is 11.3. The molecule has 2 aromatic rings. The Hall–Kier alpha value is -2.81. The van der Waals surface area contributed by atoms with Crippen LogP contribution in [0.5, 0.6) is 17.2 Å². The van der Waals surface area contributed by atoms with E-state index in [1.807, 2.05) is 24.3 Å². The van der Waals surface area contributed by atoms with Crippen molar-refractivity contribution in [1.82, 2.24) is 0 Å². The predicted octanol–water partition coefficient (Wildman–Crippen LogP) is 2.47. The summed E-state index contributed by atoms with van der Waals surface area (Å²) in [6.45, 7) is 2.95. The fourth-order valence-electron chi connectivity index (χ4n) is 5.49. The van der Waals surface area contributed by atoms with Gasteiger partial charge in [-0.05, 0) is 42.7 Å². The Balaban J connectivity index is 1.54. The second-order valence-electron chi connectivity index (χ2n) is 9.02. The first-order valence-electron chi connectivity index (χ1n) is 11.1. The average Bonchev–Trinajstić information content (AvgIpc) is 3.12. The number of methoxy groups -OCH3 is 1. The summed E-state index contributed by atoms with van der Waals surface area (Å²) in [7, 11) is 1.61. The van der Waals surface area contributed by atoms with Gasteiger partial charge < -0.3 is 34.3 Å². The van der Waals surface area contributed by atoms with Crippen molar-refractivity contribution in [2.75, 3.05) is 13.7 Å². The van der Waals surface area contributed by atoms with Crippen LogP contribution in [0.4, 0.5) is 0 Å². The van der Waals surface area contributed by atoms with Gasteiger partial charge in [-0.3, -0.25) is 4.79 Å². The van der Waals surface area contributed by atoms with Gasteiger partial charge in [0.15, 0.2) is 0 Å². The lowest BCUT2D eigenvalue weighted by atomic mass is 9.82. The number of carbonyl (C=O) groups excluding carboxylic acids is 1. The minimum Gasteiger partial charge on any atom is -0.508 e. The highest BCUT2D eigenvalue weighted by molar-refractivity contribution is 5.66. The van der Waals surface area contributed by atoms with E-state index in [2.05, 4.69) is 0 Å². The van der Waals surface area contributed by atoms with Gasteiger partial charge in [-0.1, -0.05) is 12.1 Å². The predicted molar refractivity (Wildman–Crippen MR) is 117 cm³/mol. The van der Waals surface area contributed by atoms with Gasteiger partial charge in [0.1, 0.15) is 42.2 Å². The number of esters is 1. The van der Waals surface area contributed by atoms with Crippen LogP contribution < -0.4 is 9.47 Å². The maximum atomic E-state index is 11.3. The monoisotopic (exact) mass is 456 g/mol. The van der Waals surface area contributed by atoms with Crippen LogP contribution in [-0.2, 0) is 14.3 Å². The first-order chi connectivity index (χ1) is 15.8. The van der Waals surface area contributed by atoms with Crippen LogP contribution in [-0.4, -0.2) is 59.4 Å². The summed E-state index contributed by atoms with van der Waals surface area (Å²) in [5.74, 6) is 0.276. The third kappa shape index (κ3) is 3.53. The van der Waals surface area contributed by atoms with Crippen LogP contribution in [0.3, 0.4) is 0 Å². The van der Waals surface area contributed by atoms with Crippen molar-refractivity contribution in [3.63, 3.8) is 0 Å². The normalized spacial score (nSPS) is 31.8. The number of hydrogen-bond donors (Lipinski definition) is 3. The second-order valence-corrected chi connectivity index (χ2v) is 9.02. The Morgan fingerprint density at radius 1 is 1.18 bits per heavy atom. The van der Waals surface area contributed by atoms with Crippen LogP contribution in [0.15, 0.2) is 30.3 Å². The van der Waals surface area contributed by atoms with Crippen LogP contribution >= 0.6 is 0 Å². The number of rotatable bonds is 4. The van der Waals surface area contributed by atoms with E-state index in [1.54, 1.807) is 20.1 Å². The molecule has 33 heavy (non-hydrogen) atoms. The van der Waals surface area contributed by atoms with E-state index < -0.39 is 36.3 Å². The summed E-state index contributed by atoms with van der Waals surface area (Å²) in [5, 5.41) is 32.4. The summed E-state index contributed by atoms with van der Waals surface area (Å²) >= 11 is 0. The number of carbonyl (C=O) groups is 1. The summed E-state index contributed by atoms with van der Waals surface area (Å²) in [5.41, 5.74) is 3.22. The standard InChI is InChI=1S/C25H28O8/c1-11-17(27)8-15-20-16(9-18(32-24(11)20)13-4-6-14(30-3)7-5-13)25-21(15)23(29)22(28)19(33-25)10-31-12(2)26/h4-8,16,18-19,21-23,25,27-29H,9-10H2,1-3H3/t16-,18-,19+,21+,22+,23+,25-/m0/s1. The zero-order chi connectivity index (χ0) is 23.4. The molecule has 0 radical (unpaired) electrons. The number of phenolic OH excluding ortho intramolecular Hbond substituents is 1. The van der Waals surface area contributed by atoms with E-state index in [0.717, 1.165) is 22.4 Å². The SMILES string of the molecule is COc1ccc([C@@H]2C[C@H]3c4c(cc(O)c(C)c4O2)[C@@H]2[C@@H](O)[C@H](O)[C@@H](COC(C)=O)O[C@H]23)cc1. The summed E-state index contributed by atoms with van der Waals surface area (Å²) in [6, 6.07) is 9.29. The number of ether oxygens (including phenoxy) is 4. The molecule has 0 amide bonds. The lowest BCUT2D eigenvalue weighted by molar-refractivity contribution is -0.200. The molecule has 1 aliphatic carbocycles. The van der Waals surface area contributed by atoms with E-state index in [-0.39, 0.29) is 24.4 Å². The van der Waals surface area contributed by atoms with Crippen molar-refractivity contribution in [2.45, 2.75) is 62.6 Å². The molecule has 1 saturated heterocycles. The first kappa shape index (κ1) is 22.0. The van der Waals surface area contributed by atoms with E-state index in [4.69, 9.17) is 18.9 Å². The number of benzene rings is 2. The van der Waals surface area contributed by atoms with E-state index in [9.17, 15) is 20.1 Å². The van der Waals surface area contributed by atoms with Crippen molar-refractivity contribution < 1.29 is 39.1 Å². The molecule has 0 aromatic heterocycles. The molecule has 7 atom stereocenters. The number of aliphatic hydroxyl groups is 2. The van der Waals surface area contributed by atoms with Crippen LogP contribution in [0, 0.1) is 6.92 Å². The van der Waals surface area contributed by atoms with Crippen molar-refractivity contribution in [2.24, 2.45) is 0 Å². The molecule has 0 bridgehead atoms.